The van der Waals surface area contributed by atoms with Crippen LogP contribution in [0.15, 0.2) is 4.99 Å². The van der Waals surface area contributed by atoms with Gasteiger partial charge >= 0.3 is 6.09 Å². The van der Waals surface area contributed by atoms with Gasteiger partial charge in [-0.05, 0) is 38.4 Å². The molecule has 2 aliphatic heterocycles. The maximum Gasteiger partial charge on any atom is 0.409 e. The topological polar surface area (TPSA) is 80.0 Å². The van der Waals surface area contributed by atoms with E-state index in [1.807, 2.05) is 18.7 Å². The lowest BCUT2D eigenvalue weighted by atomic mass is 10.1. The summed E-state index contributed by atoms with van der Waals surface area (Å²) in [6, 6.07) is 0.302. The molecule has 3 N–H and O–H groups in total. The first-order valence-electron chi connectivity index (χ1n) is 7.78. The quantitative estimate of drug-likeness (QED) is 0.606. The molecule has 0 radical (unpaired) electrons. The fraction of sp³-hybridized carbons (Fsp3) is 0.857. The number of hydrogen-bond acceptors (Lipinski definition) is 4. The maximum absolute atomic E-state index is 11.6. The fourth-order valence-corrected chi connectivity index (χ4v) is 3.84. The SMILES string of the molecule is CCOC(=O)N1CCC(NC(N)=NCC2CCCS2)CC1. The molecule has 2 fully saturated rings. The van der Waals surface area contributed by atoms with Gasteiger partial charge in [0.05, 0.1) is 13.2 Å². The number of rotatable bonds is 4. The second-order valence-corrected chi connectivity index (χ2v) is 6.87. The number of piperidine rings is 1. The van der Waals surface area contributed by atoms with E-state index in [1.165, 1.54) is 18.6 Å². The van der Waals surface area contributed by atoms with Gasteiger partial charge in [-0.15, -0.1) is 0 Å². The van der Waals surface area contributed by atoms with Gasteiger partial charge in [0.2, 0.25) is 0 Å². The first kappa shape index (κ1) is 16.3. The summed E-state index contributed by atoms with van der Waals surface area (Å²) in [4.78, 5) is 17.8. The van der Waals surface area contributed by atoms with E-state index in [2.05, 4.69) is 10.3 Å². The third-order valence-electron chi connectivity index (χ3n) is 3.86. The number of likely N-dealkylation sites (tertiary alicyclic amines) is 1. The summed E-state index contributed by atoms with van der Waals surface area (Å²) in [5, 5.41) is 3.91. The summed E-state index contributed by atoms with van der Waals surface area (Å²) in [7, 11) is 0. The number of aliphatic imine (C=N–C) groups is 1. The first-order chi connectivity index (χ1) is 10.2. The van der Waals surface area contributed by atoms with E-state index in [0.717, 1.165) is 19.4 Å². The zero-order valence-corrected chi connectivity index (χ0v) is 13.5. The van der Waals surface area contributed by atoms with Crippen molar-refractivity contribution in [3.63, 3.8) is 0 Å². The van der Waals surface area contributed by atoms with Crippen molar-refractivity contribution < 1.29 is 9.53 Å². The molecule has 0 saturated carbocycles. The molecule has 0 aromatic carbocycles. The van der Waals surface area contributed by atoms with E-state index in [1.54, 1.807) is 4.90 Å². The van der Waals surface area contributed by atoms with Gasteiger partial charge < -0.3 is 20.7 Å². The van der Waals surface area contributed by atoms with E-state index >= 15 is 0 Å². The van der Waals surface area contributed by atoms with Gasteiger partial charge in [-0.3, -0.25) is 4.99 Å². The van der Waals surface area contributed by atoms with Crippen LogP contribution in [0, 0.1) is 0 Å². The Morgan fingerprint density at radius 2 is 2.19 bits per heavy atom. The smallest absolute Gasteiger partial charge is 0.409 e. The highest BCUT2D eigenvalue weighted by Gasteiger charge is 2.23. The number of carbonyl (C=O) groups excluding carboxylic acids is 1. The number of nitrogens with zero attached hydrogens (tertiary/aromatic N) is 2. The van der Waals surface area contributed by atoms with E-state index < -0.39 is 0 Å². The highest BCUT2D eigenvalue weighted by Crippen LogP contribution is 2.25. The van der Waals surface area contributed by atoms with E-state index in [4.69, 9.17) is 10.5 Å². The number of guanidine groups is 1. The summed E-state index contributed by atoms with van der Waals surface area (Å²) < 4.78 is 5.01. The normalized spacial score (nSPS) is 24.1. The van der Waals surface area contributed by atoms with Crippen molar-refractivity contribution in [2.24, 2.45) is 10.7 Å². The molecular formula is C14H26N4O2S. The Hall–Kier alpha value is -1.11. The summed E-state index contributed by atoms with van der Waals surface area (Å²) >= 11 is 1.99. The van der Waals surface area contributed by atoms with Gasteiger partial charge in [0.25, 0.3) is 0 Å². The number of nitrogens with two attached hydrogens (primary N) is 1. The zero-order chi connectivity index (χ0) is 15.1. The molecule has 120 valence electrons. The molecular weight excluding hydrogens is 288 g/mol. The van der Waals surface area contributed by atoms with Gasteiger partial charge in [0.15, 0.2) is 5.96 Å². The average molecular weight is 314 g/mol. The van der Waals surface area contributed by atoms with Crippen LogP contribution < -0.4 is 11.1 Å². The molecule has 21 heavy (non-hydrogen) atoms. The largest absolute Gasteiger partial charge is 0.450 e. The van der Waals surface area contributed by atoms with Crippen molar-refractivity contribution in [2.45, 2.75) is 43.9 Å². The minimum Gasteiger partial charge on any atom is -0.450 e. The second-order valence-electron chi connectivity index (χ2n) is 5.47. The number of amides is 1. The first-order valence-corrected chi connectivity index (χ1v) is 8.83. The lowest BCUT2D eigenvalue weighted by Crippen LogP contribution is -2.48. The molecule has 0 bridgehead atoms. The molecule has 1 atom stereocenters. The maximum atomic E-state index is 11.6. The molecule has 2 heterocycles. The van der Waals surface area contributed by atoms with Crippen molar-refractivity contribution in [1.29, 1.82) is 0 Å². The molecule has 0 aromatic rings. The van der Waals surface area contributed by atoms with Crippen LogP contribution in [0.5, 0.6) is 0 Å². The minimum atomic E-state index is -0.212. The predicted octanol–water partition coefficient (Wildman–Crippen LogP) is 1.41. The fourth-order valence-electron chi connectivity index (χ4n) is 2.66. The Labute approximate surface area is 130 Å². The summed E-state index contributed by atoms with van der Waals surface area (Å²) in [5.41, 5.74) is 5.95. The Morgan fingerprint density at radius 1 is 1.43 bits per heavy atom. The highest BCUT2D eigenvalue weighted by molar-refractivity contribution is 8.00. The Balaban J connectivity index is 1.67. The van der Waals surface area contributed by atoms with Gasteiger partial charge in [-0.1, -0.05) is 0 Å². The van der Waals surface area contributed by atoms with Crippen molar-refractivity contribution >= 4 is 23.8 Å². The average Bonchev–Trinajstić information content (AvgIpc) is 2.99. The molecule has 7 heteroatoms. The second kappa shape index (κ2) is 8.36. The van der Waals surface area contributed by atoms with Gasteiger partial charge in [0, 0.05) is 24.4 Å². The zero-order valence-electron chi connectivity index (χ0n) is 12.7. The van der Waals surface area contributed by atoms with E-state index in [-0.39, 0.29) is 6.09 Å². The Morgan fingerprint density at radius 3 is 2.81 bits per heavy atom. The van der Waals surface area contributed by atoms with Crippen molar-refractivity contribution in [1.82, 2.24) is 10.2 Å². The van der Waals surface area contributed by atoms with E-state index in [0.29, 0.717) is 36.9 Å². The van der Waals surface area contributed by atoms with Crippen molar-refractivity contribution in [3.8, 4) is 0 Å². The van der Waals surface area contributed by atoms with Crippen LogP contribution in [0.25, 0.3) is 0 Å². The molecule has 0 aliphatic carbocycles. The van der Waals surface area contributed by atoms with Crippen LogP contribution in [0.4, 0.5) is 4.79 Å². The van der Waals surface area contributed by atoms with E-state index in [9.17, 15) is 4.79 Å². The standard InChI is InChI=1S/C14H26N4O2S/c1-2-20-14(19)18-7-5-11(6-8-18)17-13(15)16-10-12-4-3-9-21-12/h11-12H,2-10H2,1H3,(H3,15,16,17). The molecule has 0 spiro atoms. The summed E-state index contributed by atoms with van der Waals surface area (Å²) in [6.45, 7) is 4.48. The molecule has 2 rings (SSSR count). The van der Waals surface area contributed by atoms with Crippen molar-refractivity contribution in [3.05, 3.63) is 0 Å². The lowest BCUT2D eigenvalue weighted by Gasteiger charge is -2.31. The summed E-state index contributed by atoms with van der Waals surface area (Å²) in [6.07, 6.45) is 4.10. The lowest BCUT2D eigenvalue weighted by molar-refractivity contribution is 0.0963. The summed E-state index contributed by atoms with van der Waals surface area (Å²) in [5.74, 6) is 1.79. The third kappa shape index (κ3) is 5.30. The van der Waals surface area contributed by atoms with Crippen LogP contribution in [-0.2, 0) is 4.74 Å². The molecule has 1 amide bonds. The highest BCUT2D eigenvalue weighted by atomic mass is 32.2. The Bertz CT molecular complexity index is 364. The molecule has 2 saturated heterocycles. The number of carbonyl (C=O) groups is 1. The van der Waals surface area contributed by atoms with Crippen LogP contribution in [0.3, 0.4) is 0 Å². The van der Waals surface area contributed by atoms with Gasteiger partial charge in [-0.2, -0.15) is 11.8 Å². The molecule has 2 aliphatic rings. The minimum absolute atomic E-state index is 0.212. The number of hydrogen-bond donors (Lipinski definition) is 2. The van der Waals surface area contributed by atoms with Crippen LogP contribution >= 0.6 is 11.8 Å². The van der Waals surface area contributed by atoms with Crippen molar-refractivity contribution in [2.75, 3.05) is 32.0 Å². The molecule has 6 nitrogen and oxygen atoms in total. The monoisotopic (exact) mass is 314 g/mol. The van der Waals surface area contributed by atoms with Crippen LogP contribution in [0.2, 0.25) is 0 Å². The van der Waals surface area contributed by atoms with Gasteiger partial charge in [-0.25, -0.2) is 4.79 Å². The number of thioether (sulfide) groups is 1. The molecule has 1 unspecified atom stereocenters. The van der Waals surface area contributed by atoms with Crippen LogP contribution in [-0.4, -0.2) is 60.2 Å². The predicted molar refractivity (Wildman–Crippen MR) is 86.7 cm³/mol. The number of ether oxygens (including phenoxy) is 1. The van der Waals surface area contributed by atoms with Crippen LogP contribution in [0.1, 0.15) is 32.6 Å². The Kier molecular flexibility index (Phi) is 6.48. The number of nitrogens with one attached hydrogen (secondary N) is 1. The third-order valence-corrected chi connectivity index (χ3v) is 5.24. The van der Waals surface area contributed by atoms with Gasteiger partial charge in [0.1, 0.15) is 0 Å². The molecule has 0 aromatic heterocycles.